The predicted molar refractivity (Wildman–Crippen MR) is 388 cm³/mol. The van der Waals surface area contributed by atoms with Crippen LogP contribution in [0.1, 0.15) is 51.3 Å². The van der Waals surface area contributed by atoms with Crippen LogP contribution in [0.3, 0.4) is 0 Å². The molecule has 6 heteroatoms. The number of hydrogen-bond acceptors (Lipinski definition) is 6. The molecule has 0 aliphatic rings. The van der Waals surface area contributed by atoms with Gasteiger partial charge in [0.15, 0.2) is 11.6 Å². The Hall–Kier alpha value is -11.6. The zero-order valence-electron chi connectivity index (χ0n) is 53.1. The van der Waals surface area contributed by atoms with Crippen LogP contribution in [-0.2, 0) is 17.3 Å². The Morgan fingerprint density at radius 2 is 0.628 bits per heavy atom. The van der Waals surface area contributed by atoms with E-state index in [2.05, 4.69) is 302 Å². The average Bonchev–Trinajstić information content (AvgIpc) is 1.63. The molecule has 0 bridgehead atoms. The maximum absolute atomic E-state index is 6.63. The van der Waals surface area contributed by atoms with Gasteiger partial charge in [-0.3, -0.25) is 0 Å². The van der Waals surface area contributed by atoms with E-state index in [-0.39, 0.29) is 10.8 Å². The minimum absolute atomic E-state index is 0.0832. The smallest absolute Gasteiger partial charge is 0.160 e. The molecule has 0 aliphatic heterocycles. The van der Waals surface area contributed by atoms with Gasteiger partial charge in [0.1, 0.15) is 22.3 Å². The van der Waals surface area contributed by atoms with Crippen LogP contribution in [0.2, 0.25) is 0 Å². The highest BCUT2D eigenvalue weighted by molar-refractivity contribution is 6.10. The number of aromatic nitrogens is 4. The van der Waals surface area contributed by atoms with Crippen molar-refractivity contribution in [3.63, 3.8) is 0 Å². The van der Waals surface area contributed by atoms with E-state index in [0.29, 0.717) is 11.6 Å². The van der Waals surface area contributed by atoms with Gasteiger partial charge in [0.2, 0.25) is 0 Å². The molecular formula is C88H66N4O2. The summed E-state index contributed by atoms with van der Waals surface area (Å²) >= 11 is 0. The molecule has 450 valence electrons. The summed E-state index contributed by atoms with van der Waals surface area (Å²) in [6.45, 7) is 11.4. The lowest BCUT2D eigenvalue weighted by atomic mass is 9.77. The van der Waals surface area contributed by atoms with Gasteiger partial charge in [0, 0.05) is 54.9 Å². The van der Waals surface area contributed by atoms with E-state index in [4.69, 9.17) is 28.8 Å². The second-order valence-electron chi connectivity index (χ2n) is 26.3. The highest BCUT2D eigenvalue weighted by atomic mass is 16.3. The molecule has 12 aromatic carbocycles. The van der Waals surface area contributed by atoms with Crippen LogP contribution in [0.5, 0.6) is 0 Å². The van der Waals surface area contributed by atoms with Crippen molar-refractivity contribution in [1.29, 1.82) is 0 Å². The third-order valence-corrected chi connectivity index (χ3v) is 18.6. The molecule has 0 aliphatic carbocycles. The normalized spacial score (nSPS) is 11.9. The molecule has 4 aromatic heterocycles. The fraction of sp³-hybridized carbons (Fsp3) is 0.0909. The van der Waals surface area contributed by atoms with Gasteiger partial charge in [-0.2, -0.15) is 0 Å². The summed E-state index contributed by atoms with van der Waals surface area (Å²) in [6, 6.07) is 105. The number of para-hydroxylation sites is 4. The van der Waals surface area contributed by atoms with Gasteiger partial charge in [-0.25, -0.2) is 19.9 Å². The largest absolute Gasteiger partial charge is 0.455 e. The van der Waals surface area contributed by atoms with E-state index >= 15 is 0 Å². The molecule has 16 rings (SSSR count). The summed E-state index contributed by atoms with van der Waals surface area (Å²) in [5.41, 5.74) is 25.1. The van der Waals surface area contributed by atoms with Crippen LogP contribution >= 0.6 is 0 Å². The third kappa shape index (κ3) is 11.0. The lowest BCUT2D eigenvalue weighted by Crippen LogP contribution is -2.21. The quantitative estimate of drug-likeness (QED) is 0.114. The first-order chi connectivity index (χ1) is 45.9. The molecule has 0 atom stereocenters. The van der Waals surface area contributed by atoms with E-state index in [1.165, 1.54) is 33.4 Å². The lowest BCUT2D eigenvalue weighted by molar-refractivity contribution is 0.523. The first-order valence-electron chi connectivity index (χ1n) is 32.3. The molecule has 0 radical (unpaired) electrons. The first kappa shape index (κ1) is 57.6. The summed E-state index contributed by atoms with van der Waals surface area (Å²) in [6.07, 6.45) is 0.770. The highest BCUT2D eigenvalue weighted by Gasteiger charge is 2.26. The Morgan fingerprint density at radius 3 is 1.11 bits per heavy atom. The second kappa shape index (κ2) is 23.6. The molecule has 0 spiro atoms. The number of hydrogen-bond donors (Lipinski definition) is 0. The molecule has 0 unspecified atom stereocenters. The van der Waals surface area contributed by atoms with E-state index in [1.807, 2.05) is 30.3 Å². The van der Waals surface area contributed by atoms with Crippen molar-refractivity contribution in [2.24, 2.45) is 0 Å². The van der Waals surface area contributed by atoms with Gasteiger partial charge in [0.05, 0.1) is 22.8 Å². The Labute approximate surface area is 547 Å². The fourth-order valence-electron chi connectivity index (χ4n) is 13.4. The van der Waals surface area contributed by atoms with Gasteiger partial charge in [0.25, 0.3) is 0 Å². The monoisotopic (exact) mass is 1210 g/mol. The van der Waals surface area contributed by atoms with Crippen LogP contribution in [0, 0.1) is 0 Å². The summed E-state index contributed by atoms with van der Waals surface area (Å²) < 4.78 is 13.2. The van der Waals surface area contributed by atoms with Crippen LogP contribution in [0.4, 0.5) is 0 Å². The van der Waals surface area contributed by atoms with Gasteiger partial charge < -0.3 is 8.83 Å². The molecule has 94 heavy (non-hydrogen) atoms. The van der Waals surface area contributed by atoms with Gasteiger partial charge in [-0.15, -0.1) is 0 Å². The number of nitrogens with zero attached hydrogens (tertiary/aromatic N) is 4. The predicted octanol–water partition coefficient (Wildman–Crippen LogP) is 23.6. The highest BCUT2D eigenvalue weighted by Crippen LogP contribution is 2.42. The van der Waals surface area contributed by atoms with Crippen LogP contribution in [0.15, 0.2) is 306 Å². The van der Waals surface area contributed by atoms with Crippen molar-refractivity contribution in [3.8, 4) is 112 Å². The molecule has 0 saturated heterocycles. The Kier molecular flexibility index (Phi) is 14.4. The number of furan rings is 2. The average molecular weight is 1210 g/mol. The van der Waals surface area contributed by atoms with E-state index in [0.717, 1.165) is 134 Å². The third-order valence-electron chi connectivity index (χ3n) is 18.6. The molecule has 0 saturated carbocycles. The minimum atomic E-state index is -0.267. The maximum Gasteiger partial charge on any atom is 0.160 e. The summed E-state index contributed by atoms with van der Waals surface area (Å²) in [5, 5.41) is 4.26. The van der Waals surface area contributed by atoms with E-state index in [1.54, 1.807) is 0 Å². The fourth-order valence-corrected chi connectivity index (χ4v) is 13.4. The Bertz CT molecular complexity index is 5470. The van der Waals surface area contributed by atoms with Crippen molar-refractivity contribution >= 4 is 43.9 Å². The van der Waals surface area contributed by atoms with Crippen molar-refractivity contribution in [3.05, 3.63) is 314 Å². The first-order valence-corrected chi connectivity index (χ1v) is 32.3. The molecule has 6 nitrogen and oxygen atoms in total. The summed E-state index contributed by atoms with van der Waals surface area (Å²) in [7, 11) is 0. The lowest BCUT2D eigenvalue weighted by Gasteiger charge is -2.27. The van der Waals surface area contributed by atoms with Gasteiger partial charge in [-0.05, 0) is 121 Å². The van der Waals surface area contributed by atoms with Crippen molar-refractivity contribution in [1.82, 2.24) is 19.9 Å². The molecule has 16 aromatic rings. The number of rotatable bonds is 13. The standard InChI is InChI=1S/C88H66N4O2/c1-87(2,3)68-47-42-60(43-48-68)59-34-40-64(41-35-59)85-89-77(53-79(91-85)75-26-16-24-73-71-22-12-14-28-81(71)93-83(73)75)63-36-30-58(31-37-63)61-44-49-69(50-45-61)88(4,5)55-67-52-66(46-51-70(67)62-20-10-7-11-21-62)78-54-80(76-27-17-25-74-72-23-13-15-29-82(72)94-84(74)76)92-86(90-78)65-38-32-57(33-39-65)56-18-8-6-9-19-56/h6-54H,55H2,1-5H3. The minimum Gasteiger partial charge on any atom is -0.455 e. The molecule has 4 heterocycles. The zero-order valence-corrected chi connectivity index (χ0v) is 53.1. The van der Waals surface area contributed by atoms with Crippen molar-refractivity contribution in [2.75, 3.05) is 0 Å². The van der Waals surface area contributed by atoms with Gasteiger partial charge >= 0.3 is 0 Å². The number of benzene rings is 12. The van der Waals surface area contributed by atoms with Gasteiger partial charge in [-0.1, -0.05) is 289 Å². The summed E-state index contributed by atoms with van der Waals surface area (Å²) in [5.74, 6) is 1.29. The zero-order chi connectivity index (χ0) is 63.5. The Morgan fingerprint density at radius 1 is 0.266 bits per heavy atom. The topological polar surface area (TPSA) is 77.8 Å². The molecular weight excluding hydrogens is 1140 g/mol. The Balaban J connectivity index is 0.720. The molecule has 0 amide bonds. The van der Waals surface area contributed by atoms with Crippen molar-refractivity contribution < 1.29 is 8.83 Å². The maximum atomic E-state index is 6.63. The van der Waals surface area contributed by atoms with E-state index in [9.17, 15) is 0 Å². The SMILES string of the molecule is CC(C)(C)c1ccc(-c2ccc(-c3nc(-c4ccc(-c5ccc(C(C)(C)Cc6cc(-c7cc(-c8cccc9c8oc8ccccc89)nc(-c8ccc(-c9ccccc9)cc8)n7)ccc6-c6ccccc6)cc5)cc4)cc(-c4cccc5c4oc4ccccc45)n3)cc2)cc1. The summed E-state index contributed by atoms with van der Waals surface area (Å²) in [4.78, 5) is 21.3. The van der Waals surface area contributed by atoms with Crippen LogP contribution < -0.4 is 0 Å². The van der Waals surface area contributed by atoms with E-state index < -0.39 is 0 Å². The molecule has 0 N–H and O–H groups in total. The van der Waals surface area contributed by atoms with Crippen LogP contribution in [-0.4, -0.2) is 19.9 Å². The van der Waals surface area contributed by atoms with Crippen LogP contribution in [0.25, 0.3) is 156 Å². The molecule has 0 fully saturated rings. The number of fused-ring (bicyclic) bond motifs is 6. The second-order valence-corrected chi connectivity index (χ2v) is 26.3. The van der Waals surface area contributed by atoms with Crippen molar-refractivity contribution in [2.45, 2.75) is 51.9 Å².